The van der Waals surface area contributed by atoms with Gasteiger partial charge in [0, 0.05) is 6.54 Å². The molecule has 0 saturated heterocycles. The minimum atomic E-state index is -1.01. The standard InChI is InChI=1S/C8H11N3O5S/c1-16-6(14)2-3-11-7(15)9-10-8(11)17-4-5(12)13/h2-4H2,1H3,(H,9,15)(H,12,13). The summed E-state index contributed by atoms with van der Waals surface area (Å²) in [7, 11) is 1.25. The summed E-state index contributed by atoms with van der Waals surface area (Å²) in [5.74, 6) is -1.67. The molecule has 0 radical (unpaired) electrons. The van der Waals surface area contributed by atoms with E-state index < -0.39 is 17.6 Å². The number of rotatable bonds is 6. The SMILES string of the molecule is COC(=O)CCn1c(SCC(=O)O)n[nH]c1=O. The maximum atomic E-state index is 11.3. The fraction of sp³-hybridized carbons (Fsp3) is 0.500. The number of aromatic nitrogens is 3. The Bertz CT molecular complexity index is 466. The average Bonchev–Trinajstić information content (AvgIpc) is 2.64. The Balaban J connectivity index is 2.69. The average molecular weight is 261 g/mol. The van der Waals surface area contributed by atoms with Crippen LogP contribution in [0.15, 0.2) is 9.95 Å². The summed E-state index contributed by atoms with van der Waals surface area (Å²) >= 11 is 0.904. The maximum Gasteiger partial charge on any atom is 0.343 e. The predicted molar refractivity (Wildman–Crippen MR) is 57.8 cm³/mol. The molecule has 1 aromatic heterocycles. The summed E-state index contributed by atoms with van der Waals surface area (Å²) in [5, 5.41) is 14.6. The van der Waals surface area contributed by atoms with Crippen molar-refractivity contribution >= 4 is 23.7 Å². The highest BCUT2D eigenvalue weighted by atomic mass is 32.2. The second-order valence-electron chi connectivity index (χ2n) is 2.97. The Kier molecular flexibility index (Phi) is 4.76. The van der Waals surface area contributed by atoms with Crippen molar-refractivity contribution in [2.24, 2.45) is 0 Å². The van der Waals surface area contributed by atoms with E-state index in [1.807, 2.05) is 0 Å². The van der Waals surface area contributed by atoms with Crippen LogP contribution >= 0.6 is 11.8 Å². The molecule has 0 aromatic carbocycles. The van der Waals surface area contributed by atoms with Gasteiger partial charge >= 0.3 is 17.6 Å². The first-order valence-corrected chi connectivity index (χ1v) is 5.59. The number of hydrogen-bond donors (Lipinski definition) is 2. The normalized spacial score (nSPS) is 10.2. The van der Waals surface area contributed by atoms with Gasteiger partial charge in [0.2, 0.25) is 0 Å². The van der Waals surface area contributed by atoms with Crippen molar-refractivity contribution in [3.05, 3.63) is 10.5 Å². The summed E-state index contributed by atoms with van der Waals surface area (Å²) in [6.45, 7) is 0.101. The molecule has 0 unspecified atom stereocenters. The van der Waals surface area contributed by atoms with Crippen molar-refractivity contribution in [1.82, 2.24) is 14.8 Å². The van der Waals surface area contributed by atoms with Gasteiger partial charge < -0.3 is 9.84 Å². The van der Waals surface area contributed by atoms with Gasteiger partial charge in [-0.1, -0.05) is 11.8 Å². The quantitative estimate of drug-likeness (QED) is 0.514. The van der Waals surface area contributed by atoms with Gasteiger partial charge in [-0.25, -0.2) is 9.89 Å². The molecule has 0 aliphatic carbocycles. The summed E-state index contributed by atoms with van der Waals surface area (Å²) in [4.78, 5) is 32.6. The molecule has 0 aliphatic rings. The fourth-order valence-electron chi connectivity index (χ4n) is 1.04. The molecule has 1 aromatic rings. The van der Waals surface area contributed by atoms with E-state index in [9.17, 15) is 14.4 Å². The first-order chi connectivity index (χ1) is 8.04. The molecule has 9 heteroatoms. The molecular formula is C8H11N3O5S. The van der Waals surface area contributed by atoms with Crippen molar-refractivity contribution in [3.63, 3.8) is 0 Å². The molecule has 2 N–H and O–H groups in total. The van der Waals surface area contributed by atoms with Gasteiger partial charge in [-0.3, -0.25) is 14.2 Å². The van der Waals surface area contributed by atoms with Crippen molar-refractivity contribution in [2.75, 3.05) is 12.9 Å². The number of hydrogen-bond acceptors (Lipinski definition) is 6. The fourth-order valence-corrected chi connectivity index (χ4v) is 1.73. The van der Waals surface area contributed by atoms with Crippen LogP contribution < -0.4 is 5.69 Å². The van der Waals surface area contributed by atoms with Gasteiger partial charge in [0.15, 0.2) is 5.16 Å². The highest BCUT2D eigenvalue weighted by Gasteiger charge is 2.12. The number of aromatic amines is 1. The van der Waals surface area contributed by atoms with E-state index in [1.165, 1.54) is 11.7 Å². The van der Waals surface area contributed by atoms with E-state index in [0.717, 1.165) is 11.8 Å². The predicted octanol–water partition coefficient (Wildman–Crippen LogP) is -0.689. The highest BCUT2D eigenvalue weighted by molar-refractivity contribution is 7.99. The first-order valence-electron chi connectivity index (χ1n) is 4.61. The number of carbonyl (C=O) groups excluding carboxylic acids is 1. The Morgan fingerprint density at radius 3 is 2.88 bits per heavy atom. The van der Waals surface area contributed by atoms with Crippen LogP contribution in [0.4, 0.5) is 0 Å². The number of ether oxygens (including phenoxy) is 1. The number of carboxylic acids is 1. The van der Waals surface area contributed by atoms with Gasteiger partial charge in [0.1, 0.15) is 0 Å². The third kappa shape index (κ3) is 3.94. The lowest BCUT2D eigenvalue weighted by Gasteiger charge is -2.03. The summed E-state index contributed by atoms with van der Waals surface area (Å²) in [5.41, 5.74) is -0.484. The largest absolute Gasteiger partial charge is 0.481 e. The Morgan fingerprint density at radius 1 is 1.59 bits per heavy atom. The highest BCUT2D eigenvalue weighted by Crippen LogP contribution is 2.12. The molecule has 0 amide bonds. The van der Waals surface area contributed by atoms with Gasteiger partial charge in [0.25, 0.3) is 0 Å². The topological polar surface area (TPSA) is 114 Å². The number of carboxylic acid groups (broad SMARTS) is 1. The van der Waals surface area contributed by atoms with E-state index in [4.69, 9.17) is 5.11 Å². The van der Waals surface area contributed by atoms with Gasteiger partial charge in [0.05, 0.1) is 19.3 Å². The van der Waals surface area contributed by atoms with Crippen LogP contribution in [0.1, 0.15) is 6.42 Å². The number of esters is 1. The zero-order valence-electron chi connectivity index (χ0n) is 9.00. The number of carbonyl (C=O) groups is 2. The minimum Gasteiger partial charge on any atom is -0.481 e. The van der Waals surface area contributed by atoms with Crippen molar-refractivity contribution < 1.29 is 19.4 Å². The number of H-pyrrole nitrogens is 1. The lowest BCUT2D eigenvalue weighted by molar-refractivity contribution is -0.141. The molecule has 8 nitrogen and oxygen atoms in total. The van der Waals surface area contributed by atoms with Crippen LogP contribution in [-0.4, -0.2) is 44.7 Å². The molecule has 17 heavy (non-hydrogen) atoms. The second-order valence-corrected chi connectivity index (χ2v) is 3.91. The van der Waals surface area contributed by atoms with Gasteiger partial charge in [-0.15, -0.1) is 5.10 Å². The number of nitrogens with one attached hydrogen (secondary N) is 1. The van der Waals surface area contributed by atoms with E-state index in [2.05, 4.69) is 14.9 Å². The number of thioether (sulfide) groups is 1. The van der Waals surface area contributed by atoms with Crippen LogP contribution in [0.2, 0.25) is 0 Å². The molecule has 1 heterocycles. The maximum absolute atomic E-state index is 11.3. The van der Waals surface area contributed by atoms with Crippen molar-refractivity contribution in [2.45, 2.75) is 18.1 Å². The van der Waals surface area contributed by atoms with Gasteiger partial charge in [-0.05, 0) is 0 Å². The molecule has 0 saturated carbocycles. The van der Waals surface area contributed by atoms with E-state index in [-0.39, 0.29) is 23.9 Å². The summed E-state index contributed by atoms with van der Waals surface area (Å²) < 4.78 is 5.64. The van der Waals surface area contributed by atoms with Crippen LogP contribution in [-0.2, 0) is 20.9 Å². The van der Waals surface area contributed by atoms with Crippen LogP contribution in [0.3, 0.4) is 0 Å². The van der Waals surface area contributed by atoms with E-state index >= 15 is 0 Å². The molecular weight excluding hydrogens is 250 g/mol. The molecule has 0 fully saturated rings. The Morgan fingerprint density at radius 2 is 2.29 bits per heavy atom. The molecule has 0 bridgehead atoms. The second kappa shape index (κ2) is 6.09. The summed E-state index contributed by atoms with van der Waals surface area (Å²) in [6.07, 6.45) is 0.0244. The molecule has 0 atom stereocenters. The zero-order chi connectivity index (χ0) is 12.8. The molecule has 94 valence electrons. The minimum absolute atomic E-state index is 0.0244. The lowest BCUT2D eigenvalue weighted by Crippen LogP contribution is -2.20. The number of methoxy groups -OCH3 is 1. The monoisotopic (exact) mass is 261 g/mol. The molecule has 0 aliphatic heterocycles. The van der Waals surface area contributed by atoms with Crippen LogP contribution in [0.5, 0.6) is 0 Å². The number of aliphatic carboxylic acids is 1. The summed E-state index contributed by atoms with van der Waals surface area (Å²) in [6, 6.07) is 0. The number of nitrogens with zero attached hydrogens (tertiary/aromatic N) is 2. The van der Waals surface area contributed by atoms with Crippen molar-refractivity contribution in [3.8, 4) is 0 Å². The van der Waals surface area contributed by atoms with Gasteiger partial charge in [-0.2, -0.15) is 0 Å². The lowest BCUT2D eigenvalue weighted by atomic mass is 10.4. The molecule has 0 spiro atoms. The third-order valence-electron chi connectivity index (χ3n) is 1.82. The first kappa shape index (κ1) is 13.3. The smallest absolute Gasteiger partial charge is 0.343 e. The Labute approximate surface area is 100.0 Å². The zero-order valence-corrected chi connectivity index (χ0v) is 9.82. The molecule has 1 rings (SSSR count). The van der Waals surface area contributed by atoms with E-state index in [0.29, 0.717) is 0 Å². The van der Waals surface area contributed by atoms with Crippen LogP contribution in [0.25, 0.3) is 0 Å². The van der Waals surface area contributed by atoms with Crippen molar-refractivity contribution in [1.29, 1.82) is 0 Å². The third-order valence-corrected chi connectivity index (χ3v) is 2.78. The Hall–Kier alpha value is -1.77. The van der Waals surface area contributed by atoms with Crippen LogP contribution in [0, 0.1) is 0 Å². The van der Waals surface area contributed by atoms with E-state index in [1.54, 1.807) is 0 Å².